The highest BCUT2D eigenvalue weighted by molar-refractivity contribution is 7.89. The van der Waals surface area contributed by atoms with Crippen LogP contribution in [0.15, 0.2) is 23.1 Å². The maximum Gasteiger partial charge on any atom is 0.254 e. The lowest BCUT2D eigenvalue weighted by Crippen LogP contribution is -2.47. The van der Waals surface area contributed by atoms with Gasteiger partial charge in [0.25, 0.3) is 5.91 Å². The van der Waals surface area contributed by atoms with Crippen molar-refractivity contribution in [2.24, 2.45) is 5.73 Å². The first-order chi connectivity index (χ1) is 11.9. The first kappa shape index (κ1) is 19.9. The van der Waals surface area contributed by atoms with Crippen LogP contribution in [0.5, 0.6) is 0 Å². The molecule has 0 radical (unpaired) electrons. The number of sulfonamides is 1. The van der Waals surface area contributed by atoms with Crippen molar-refractivity contribution in [2.45, 2.75) is 51.0 Å². The summed E-state index contributed by atoms with van der Waals surface area (Å²) in [5.41, 5.74) is 7.06. The lowest BCUT2D eigenvalue weighted by Gasteiger charge is -2.35. The van der Waals surface area contributed by atoms with Crippen molar-refractivity contribution in [1.29, 1.82) is 0 Å². The predicted molar refractivity (Wildman–Crippen MR) is 99.0 cm³/mol. The van der Waals surface area contributed by atoms with Crippen molar-refractivity contribution < 1.29 is 13.2 Å². The molecule has 1 unspecified atom stereocenters. The van der Waals surface area contributed by atoms with E-state index in [1.807, 2.05) is 6.92 Å². The van der Waals surface area contributed by atoms with Gasteiger partial charge in [-0.3, -0.25) is 4.79 Å². The molecule has 6 nitrogen and oxygen atoms in total. The highest BCUT2D eigenvalue weighted by atomic mass is 32.2. The number of aryl methyl sites for hydroxylation is 1. The summed E-state index contributed by atoms with van der Waals surface area (Å²) >= 11 is 0. The van der Waals surface area contributed by atoms with E-state index < -0.39 is 10.0 Å². The Morgan fingerprint density at radius 1 is 1.28 bits per heavy atom. The van der Waals surface area contributed by atoms with Gasteiger partial charge in [0.2, 0.25) is 10.0 Å². The second kappa shape index (κ2) is 8.29. The molecule has 2 N–H and O–H groups in total. The highest BCUT2D eigenvalue weighted by Crippen LogP contribution is 2.24. The van der Waals surface area contributed by atoms with E-state index >= 15 is 0 Å². The van der Waals surface area contributed by atoms with Gasteiger partial charge < -0.3 is 10.6 Å². The highest BCUT2D eigenvalue weighted by Gasteiger charge is 2.29. The molecule has 1 aromatic carbocycles. The summed E-state index contributed by atoms with van der Waals surface area (Å²) in [4.78, 5) is 15.0. The smallest absolute Gasteiger partial charge is 0.254 e. The molecule has 1 atom stereocenters. The van der Waals surface area contributed by atoms with E-state index in [1.165, 1.54) is 10.4 Å². The average molecular weight is 368 g/mol. The molecule has 140 valence electrons. The monoisotopic (exact) mass is 367 g/mol. The Kier molecular flexibility index (Phi) is 6.59. The largest absolute Gasteiger partial charge is 0.334 e. The minimum absolute atomic E-state index is 0.0312. The molecule has 2 rings (SSSR count). The first-order valence-electron chi connectivity index (χ1n) is 8.98. The van der Waals surface area contributed by atoms with Gasteiger partial charge in [-0.1, -0.05) is 19.9 Å². The number of hydrogen-bond acceptors (Lipinski definition) is 4. The third-order valence-corrected chi connectivity index (χ3v) is 6.99. The number of piperidine rings is 1. The minimum Gasteiger partial charge on any atom is -0.334 e. The Bertz CT molecular complexity index is 714. The van der Waals surface area contributed by atoms with Crippen molar-refractivity contribution in [3.05, 3.63) is 29.3 Å². The van der Waals surface area contributed by atoms with E-state index in [-0.39, 0.29) is 16.8 Å². The van der Waals surface area contributed by atoms with E-state index in [2.05, 4.69) is 0 Å². The molecule has 0 spiro atoms. The number of rotatable bonds is 6. The predicted octanol–water partition coefficient (Wildman–Crippen LogP) is 1.98. The molecule has 1 aliphatic rings. The van der Waals surface area contributed by atoms with E-state index in [0.29, 0.717) is 31.7 Å². The molecule has 0 aliphatic carbocycles. The second-order valence-corrected chi connectivity index (χ2v) is 8.39. The fourth-order valence-electron chi connectivity index (χ4n) is 3.37. The van der Waals surface area contributed by atoms with Crippen LogP contribution in [-0.2, 0) is 10.0 Å². The van der Waals surface area contributed by atoms with E-state index in [4.69, 9.17) is 5.73 Å². The van der Waals surface area contributed by atoms with Gasteiger partial charge >= 0.3 is 0 Å². The third kappa shape index (κ3) is 4.04. The lowest BCUT2D eigenvalue weighted by atomic mass is 9.99. The van der Waals surface area contributed by atoms with Crippen LogP contribution in [0.1, 0.15) is 49.0 Å². The molecule has 0 aromatic heterocycles. The number of nitrogens with zero attached hydrogens (tertiary/aromatic N) is 2. The number of likely N-dealkylation sites (tertiary alicyclic amines) is 1. The maximum absolute atomic E-state index is 13.0. The van der Waals surface area contributed by atoms with Crippen LogP contribution in [0.3, 0.4) is 0 Å². The molecule has 25 heavy (non-hydrogen) atoms. The number of benzene rings is 1. The van der Waals surface area contributed by atoms with Gasteiger partial charge in [-0.2, -0.15) is 4.31 Å². The molecule has 1 fully saturated rings. The van der Waals surface area contributed by atoms with Crippen LogP contribution in [0.4, 0.5) is 0 Å². The van der Waals surface area contributed by atoms with Gasteiger partial charge in [0.05, 0.1) is 4.90 Å². The molecule has 0 bridgehead atoms. The Balaban J connectivity index is 2.40. The minimum atomic E-state index is -3.59. The number of hydrogen-bond donors (Lipinski definition) is 1. The van der Waals surface area contributed by atoms with Crippen molar-refractivity contribution in [3.63, 3.8) is 0 Å². The molecule has 1 saturated heterocycles. The van der Waals surface area contributed by atoms with Gasteiger partial charge in [-0.15, -0.1) is 0 Å². The number of carbonyl (C=O) groups is 1. The number of nitrogens with two attached hydrogens (primary N) is 1. The van der Waals surface area contributed by atoms with Gasteiger partial charge in [0.1, 0.15) is 0 Å². The van der Waals surface area contributed by atoms with Crippen LogP contribution in [-0.4, -0.2) is 55.8 Å². The van der Waals surface area contributed by atoms with E-state index in [9.17, 15) is 13.2 Å². The lowest BCUT2D eigenvalue weighted by molar-refractivity contribution is 0.0622. The molecule has 1 aliphatic heterocycles. The van der Waals surface area contributed by atoms with Crippen molar-refractivity contribution in [2.75, 3.05) is 26.2 Å². The zero-order valence-corrected chi connectivity index (χ0v) is 16.2. The topological polar surface area (TPSA) is 83.7 Å². The van der Waals surface area contributed by atoms with Crippen molar-refractivity contribution in [1.82, 2.24) is 9.21 Å². The van der Waals surface area contributed by atoms with Crippen LogP contribution in [0, 0.1) is 6.92 Å². The molecular formula is C18H29N3O3S. The molecule has 7 heteroatoms. The Labute approximate surface area is 151 Å². The van der Waals surface area contributed by atoms with Crippen LogP contribution < -0.4 is 5.73 Å². The molecule has 1 aromatic rings. The maximum atomic E-state index is 13.0. The van der Waals surface area contributed by atoms with Gasteiger partial charge in [0.15, 0.2) is 0 Å². The van der Waals surface area contributed by atoms with Gasteiger partial charge in [-0.05, 0) is 43.9 Å². The van der Waals surface area contributed by atoms with E-state index in [1.54, 1.807) is 30.9 Å². The summed E-state index contributed by atoms with van der Waals surface area (Å²) in [6, 6.07) is 4.85. The number of carbonyl (C=O) groups excluding carboxylic acids is 1. The van der Waals surface area contributed by atoms with Crippen LogP contribution in [0.25, 0.3) is 0 Å². The zero-order chi connectivity index (χ0) is 18.6. The fourth-order valence-corrected chi connectivity index (χ4v) is 4.86. The molecule has 0 saturated carbocycles. The quantitative estimate of drug-likeness (QED) is 0.833. The first-order valence-corrected chi connectivity index (χ1v) is 10.4. The average Bonchev–Trinajstić information content (AvgIpc) is 2.62. The molecule has 1 amide bonds. The zero-order valence-electron chi connectivity index (χ0n) is 15.4. The van der Waals surface area contributed by atoms with Crippen LogP contribution in [0.2, 0.25) is 0 Å². The van der Waals surface area contributed by atoms with Gasteiger partial charge in [-0.25, -0.2) is 8.42 Å². The summed E-state index contributed by atoms with van der Waals surface area (Å²) in [7, 11) is -3.59. The summed E-state index contributed by atoms with van der Waals surface area (Å²) < 4.78 is 26.9. The molecular weight excluding hydrogens is 338 g/mol. The SMILES string of the molecule is CCN(CC)S(=O)(=O)c1ccc(C)c(C(=O)N2CCCCC2CN)c1. The summed E-state index contributed by atoms with van der Waals surface area (Å²) in [6.45, 7) is 7.36. The van der Waals surface area contributed by atoms with Crippen LogP contribution >= 0.6 is 0 Å². The van der Waals surface area contributed by atoms with E-state index in [0.717, 1.165) is 24.8 Å². The fraction of sp³-hybridized carbons (Fsp3) is 0.611. The Morgan fingerprint density at radius 3 is 2.56 bits per heavy atom. The Morgan fingerprint density at radius 2 is 1.96 bits per heavy atom. The van der Waals surface area contributed by atoms with Gasteiger partial charge in [0, 0.05) is 37.8 Å². The second-order valence-electron chi connectivity index (χ2n) is 6.45. The standard InChI is InChI=1S/C18H29N3O3S/c1-4-20(5-2)25(23,24)16-10-9-14(3)17(12-16)18(22)21-11-7-6-8-15(21)13-19/h9-10,12,15H,4-8,11,13,19H2,1-3H3. The number of amides is 1. The summed E-state index contributed by atoms with van der Waals surface area (Å²) in [6.07, 6.45) is 2.93. The summed E-state index contributed by atoms with van der Waals surface area (Å²) in [5.74, 6) is -0.121. The van der Waals surface area contributed by atoms with Crippen molar-refractivity contribution >= 4 is 15.9 Å². The Hall–Kier alpha value is -1.44. The molecule has 1 heterocycles. The normalized spacial score (nSPS) is 18.6. The van der Waals surface area contributed by atoms with Crippen molar-refractivity contribution in [3.8, 4) is 0 Å². The summed E-state index contributed by atoms with van der Waals surface area (Å²) in [5, 5.41) is 0. The third-order valence-electron chi connectivity index (χ3n) is 4.94.